The summed E-state index contributed by atoms with van der Waals surface area (Å²) in [6.45, 7) is 4.06. The molecule has 2 aliphatic rings. The number of fused-ring (bicyclic) bond motifs is 1. The number of rotatable bonds is 9. The Balaban J connectivity index is 1.36. The lowest BCUT2D eigenvalue weighted by molar-refractivity contribution is 0.0728. The normalized spacial score (nSPS) is 23.9. The molecular weight excluding hydrogens is 466 g/mol. The van der Waals surface area contributed by atoms with E-state index in [1.165, 1.54) is 31.7 Å². The van der Waals surface area contributed by atoms with Crippen LogP contribution in [-0.4, -0.2) is 5.97 Å². The first-order valence-corrected chi connectivity index (χ1v) is 14.0. The first-order chi connectivity index (χ1) is 18.0. The van der Waals surface area contributed by atoms with Crippen LogP contribution >= 0.6 is 0 Å². The zero-order chi connectivity index (χ0) is 26.2. The topological polar surface area (TPSA) is 26.3 Å². The van der Waals surface area contributed by atoms with Gasteiger partial charge in [-0.2, -0.15) is 0 Å². The van der Waals surface area contributed by atoms with E-state index in [1.54, 1.807) is 18.2 Å². The van der Waals surface area contributed by atoms with Crippen molar-refractivity contribution >= 4 is 5.97 Å². The van der Waals surface area contributed by atoms with Gasteiger partial charge < -0.3 is 4.74 Å². The quantitative estimate of drug-likeness (QED) is 0.192. The standard InChI is InChI=1S/C33H40F2O2/c1-3-5-7-9-23-12-17-28(18-13-23)37-33(36)30-20-19-29(31(34)32(30)35)27-16-15-25-21-24(10-8-6-4-2)11-14-26(25)22-27/h3-6,12-13,17-20,24-27H,7-11,14-16,21-22H2,1-2H3/b5-3+,6-4+. The predicted octanol–water partition coefficient (Wildman–Crippen LogP) is 9.35. The molecule has 198 valence electrons. The van der Waals surface area contributed by atoms with Crippen molar-refractivity contribution in [2.45, 2.75) is 84.0 Å². The Morgan fingerprint density at radius 3 is 2.32 bits per heavy atom. The fourth-order valence-corrected chi connectivity index (χ4v) is 6.37. The molecular formula is C33H40F2O2. The number of aryl methyl sites for hydroxylation is 1. The first kappa shape index (κ1) is 27.3. The minimum absolute atomic E-state index is 0.00972. The lowest BCUT2D eigenvalue weighted by atomic mass is 9.63. The van der Waals surface area contributed by atoms with Gasteiger partial charge in [0.1, 0.15) is 5.75 Å². The lowest BCUT2D eigenvalue weighted by Crippen LogP contribution is -2.30. The Bertz CT molecular complexity index is 1100. The maximum atomic E-state index is 15.2. The van der Waals surface area contributed by atoms with Crippen LogP contribution in [0.3, 0.4) is 0 Å². The molecule has 2 aliphatic carbocycles. The van der Waals surface area contributed by atoms with Gasteiger partial charge in [0.05, 0.1) is 5.56 Å². The summed E-state index contributed by atoms with van der Waals surface area (Å²) in [5.74, 6) is -0.439. The van der Waals surface area contributed by atoms with E-state index in [4.69, 9.17) is 4.74 Å². The van der Waals surface area contributed by atoms with E-state index in [9.17, 15) is 4.79 Å². The van der Waals surface area contributed by atoms with Crippen LogP contribution in [0.25, 0.3) is 0 Å². The monoisotopic (exact) mass is 506 g/mol. The van der Waals surface area contributed by atoms with Gasteiger partial charge in [-0.3, -0.25) is 0 Å². The molecule has 4 rings (SSSR count). The number of carbonyl (C=O) groups is 1. The van der Waals surface area contributed by atoms with Gasteiger partial charge in [0.25, 0.3) is 0 Å². The maximum absolute atomic E-state index is 15.2. The summed E-state index contributed by atoms with van der Waals surface area (Å²) in [6.07, 6.45) is 19.3. The van der Waals surface area contributed by atoms with Gasteiger partial charge in [0.2, 0.25) is 0 Å². The second-order valence-corrected chi connectivity index (χ2v) is 10.8. The fourth-order valence-electron chi connectivity index (χ4n) is 6.37. The Labute approximate surface area is 220 Å². The van der Waals surface area contributed by atoms with Gasteiger partial charge in [0.15, 0.2) is 11.6 Å². The van der Waals surface area contributed by atoms with Gasteiger partial charge in [-0.15, -0.1) is 0 Å². The van der Waals surface area contributed by atoms with Gasteiger partial charge in [-0.1, -0.05) is 48.9 Å². The number of allylic oxidation sites excluding steroid dienone is 4. The average molecular weight is 507 g/mol. The van der Waals surface area contributed by atoms with Crippen molar-refractivity contribution in [1.29, 1.82) is 0 Å². The van der Waals surface area contributed by atoms with E-state index in [0.29, 0.717) is 23.1 Å². The Hall–Kier alpha value is -2.75. The van der Waals surface area contributed by atoms with Crippen molar-refractivity contribution in [2.75, 3.05) is 0 Å². The van der Waals surface area contributed by atoms with Crippen LogP contribution in [0.15, 0.2) is 60.7 Å². The van der Waals surface area contributed by atoms with Crippen molar-refractivity contribution < 1.29 is 18.3 Å². The highest BCUT2D eigenvalue weighted by Gasteiger charge is 2.37. The number of hydrogen-bond donors (Lipinski definition) is 0. The minimum Gasteiger partial charge on any atom is -0.423 e. The molecule has 2 fully saturated rings. The third-order valence-corrected chi connectivity index (χ3v) is 8.44. The molecule has 0 amide bonds. The zero-order valence-corrected chi connectivity index (χ0v) is 22.2. The summed E-state index contributed by atoms with van der Waals surface area (Å²) in [6, 6.07) is 10.2. The summed E-state index contributed by atoms with van der Waals surface area (Å²) < 4.78 is 35.6. The third kappa shape index (κ3) is 6.97. The van der Waals surface area contributed by atoms with Gasteiger partial charge in [-0.25, -0.2) is 13.6 Å². The summed E-state index contributed by atoms with van der Waals surface area (Å²) in [5, 5.41) is 0. The van der Waals surface area contributed by atoms with Crippen LogP contribution in [0.5, 0.6) is 5.75 Å². The molecule has 2 nitrogen and oxygen atoms in total. The summed E-state index contributed by atoms with van der Waals surface area (Å²) in [7, 11) is 0. The summed E-state index contributed by atoms with van der Waals surface area (Å²) in [5.41, 5.74) is 1.18. The minimum atomic E-state index is -1.10. The number of carbonyl (C=O) groups excluding carboxylic acids is 1. The molecule has 37 heavy (non-hydrogen) atoms. The molecule has 2 aromatic rings. The Morgan fingerprint density at radius 2 is 1.57 bits per heavy atom. The summed E-state index contributed by atoms with van der Waals surface area (Å²) in [4.78, 5) is 12.6. The molecule has 4 unspecified atom stereocenters. The Kier molecular flexibility index (Phi) is 9.71. The van der Waals surface area contributed by atoms with Gasteiger partial charge in [-0.05, 0) is 125 Å². The molecule has 2 saturated carbocycles. The van der Waals surface area contributed by atoms with Crippen LogP contribution in [0.2, 0.25) is 0 Å². The predicted molar refractivity (Wildman–Crippen MR) is 146 cm³/mol. The highest BCUT2D eigenvalue weighted by Crippen LogP contribution is 2.49. The highest BCUT2D eigenvalue weighted by molar-refractivity contribution is 5.91. The van der Waals surface area contributed by atoms with E-state index in [0.717, 1.165) is 50.0 Å². The number of hydrogen-bond acceptors (Lipinski definition) is 2. The molecule has 2 aromatic carbocycles. The molecule has 0 aromatic heterocycles. The molecule has 0 N–H and O–H groups in total. The number of benzene rings is 2. The number of halogens is 2. The van der Waals surface area contributed by atoms with Gasteiger partial charge in [0, 0.05) is 0 Å². The van der Waals surface area contributed by atoms with E-state index in [2.05, 4.69) is 25.2 Å². The largest absolute Gasteiger partial charge is 0.423 e. The van der Waals surface area contributed by atoms with E-state index in [1.807, 2.05) is 25.1 Å². The second kappa shape index (κ2) is 13.2. The highest BCUT2D eigenvalue weighted by atomic mass is 19.2. The van der Waals surface area contributed by atoms with Crippen LogP contribution in [0.4, 0.5) is 8.78 Å². The van der Waals surface area contributed by atoms with E-state index < -0.39 is 17.6 Å². The molecule has 0 spiro atoms. The van der Waals surface area contributed by atoms with Gasteiger partial charge >= 0.3 is 5.97 Å². The molecule has 0 bridgehead atoms. The van der Waals surface area contributed by atoms with E-state index >= 15 is 8.78 Å². The zero-order valence-electron chi connectivity index (χ0n) is 22.2. The molecule has 4 heteroatoms. The van der Waals surface area contributed by atoms with Crippen LogP contribution in [-0.2, 0) is 6.42 Å². The third-order valence-electron chi connectivity index (χ3n) is 8.44. The molecule has 0 saturated heterocycles. The average Bonchev–Trinajstić information content (AvgIpc) is 2.91. The smallest absolute Gasteiger partial charge is 0.346 e. The number of ether oxygens (including phenoxy) is 1. The van der Waals surface area contributed by atoms with Crippen molar-refractivity contribution in [3.05, 3.63) is 89.0 Å². The van der Waals surface area contributed by atoms with Crippen molar-refractivity contribution in [3.8, 4) is 5.75 Å². The maximum Gasteiger partial charge on any atom is 0.346 e. The van der Waals surface area contributed by atoms with Crippen LogP contribution < -0.4 is 4.74 Å². The molecule has 0 radical (unpaired) electrons. The van der Waals surface area contributed by atoms with Crippen molar-refractivity contribution in [1.82, 2.24) is 0 Å². The molecule has 4 atom stereocenters. The van der Waals surface area contributed by atoms with Crippen molar-refractivity contribution in [3.63, 3.8) is 0 Å². The fraction of sp³-hybridized carbons (Fsp3) is 0.485. The Morgan fingerprint density at radius 1 is 0.865 bits per heavy atom. The lowest BCUT2D eigenvalue weighted by Gasteiger charge is -2.42. The van der Waals surface area contributed by atoms with E-state index in [-0.39, 0.29) is 11.5 Å². The summed E-state index contributed by atoms with van der Waals surface area (Å²) >= 11 is 0. The second-order valence-electron chi connectivity index (χ2n) is 10.8. The molecule has 0 heterocycles. The molecule has 0 aliphatic heterocycles. The number of esters is 1. The SMILES string of the molecule is C/C=C/CCc1ccc(OC(=O)c2ccc(C3CCC4CC(CC/C=C/C)CCC4C3)c(F)c2F)cc1. The van der Waals surface area contributed by atoms with Crippen molar-refractivity contribution in [2.24, 2.45) is 17.8 Å². The van der Waals surface area contributed by atoms with Crippen LogP contribution in [0.1, 0.15) is 99.0 Å². The first-order valence-electron chi connectivity index (χ1n) is 14.0. The van der Waals surface area contributed by atoms with Crippen LogP contribution in [0, 0.1) is 29.4 Å².